The highest BCUT2D eigenvalue weighted by molar-refractivity contribution is 6.08. The van der Waals surface area contributed by atoms with Gasteiger partial charge in [-0.05, 0) is 41.5 Å². The topological polar surface area (TPSA) is 84.9 Å². The van der Waals surface area contributed by atoms with Crippen molar-refractivity contribution in [2.24, 2.45) is 0 Å². The summed E-state index contributed by atoms with van der Waals surface area (Å²) in [6.45, 7) is 0.0846. The predicted molar refractivity (Wildman–Crippen MR) is 121 cm³/mol. The number of hydrogen-bond donors (Lipinski definition) is 1. The zero-order valence-corrected chi connectivity index (χ0v) is 18.0. The normalized spacial score (nSPS) is 18.9. The number of nitrogens with one attached hydrogen (secondary N) is 1. The molecule has 0 spiro atoms. The van der Waals surface area contributed by atoms with Crippen LogP contribution in [0.25, 0.3) is 0 Å². The lowest BCUT2D eigenvalue weighted by Crippen LogP contribution is -2.50. The number of likely N-dealkylation sites (N-methyl/N-ethyl adjacent to an activating group) is 1. The molecule has 7 nitrogen and oxygen atoms in total. The number of benzene rings is 3. The minimum absolute atomic E-state index is 0.0846. The van der Waals surface area contributed by atoms with E-state index in [-0.39, 0.29) is 18.4 Å². The lowest BCUT2D eigenvalue weighted by Gasteiger charge is -2.34. The van der Waals surface area contributed by atoms with E-state index in [1.165, 1.54) is 7.05 Å². The Hall–Kier alpha value is -4.13. The second-order valence-corrected chi connectivity index (χ2v) is 7.98. The number of fused-ring (bicyclic) bond motifs is 2. The number of carbonyl (C=O) groups is 3. The van der Waals surface area contributed by atoms with Crippen LogP contribution in [0.4, 0.5) is 5.69 Å². The third-order valence-corrected chi connectivity index (χ3v) is 5.96. The molecule has 7 heteroatoms. The van der Waals surface area contributed by atoms with E-state index in [1.54, 1.807) is 41.3 Å². The summed E-state index contributed by atoms with van der Waals surface area (Å²) >= 11 is 0. The van der Waals surface area contributed by atoms with Crippen LogP contribution in [-0.4, -0.2) is 37.5 Å². The molecule has 0 saturated heterocycles. The van der Waals surface area contributed by atoms with Gasteiger partial charge in [-0.2, -0.15) is 0 Å². The summed E-state index contributed by atoms with van der Waals surface area (Å²) in [5.41, 5.74) is 3.16. The summed E-state index contributed by atoms with van der Waals surface area (Å²) in [5.74, 6) is -0.504. The van der Waals surface area contributed by atoms with Crippen LogP contribution < -0.4 is 15.0 Å². The average molecular weight is 442 g/mol. The molecule has 2 aliphatic rings. The molecular formula is C26H22N2O5. The van der Waals surface area contributed by atoms with Crippen molar-refractivity contribution in [1.82, 2.24) is 5.32 Å². The monoisotopic (exact) mass is 442 g/mol. The molecule has 2 aliphatic heterocycles. The Bertz CT molecular complexity index is 1240. The van der Waals surface area contributed by atoms with E-state index in [4.69, 9.17) is 9.47 Å². The molecule has 0 bridgehead atoms. The first-order valence-electron chi connectivity index (χ1n) is 10.7. The smallest absolute Gasteiger partial charge is 0.339 e. The summed E-state index contributed by atoms with van der Waals surface area (Å²) in [6.07, 6.45) is -0.741. The standard InChI is InChI=1S/C26H22N2O5/c1-27-24(29)23-15-28(20-9-5-6-10-21(20)32-23)25(30)17-11-12-19-18(13-17)14-22(33-26(19)31)16-7-3-2-4-8-16/h2-13,22-23H,14-15H2,1H3,(H,27,29)/t22-,23+/m0/s1. The average Bonchev–Trinajstić information content (AvgIpc) is 2.87. The highest BCUT2D eigenvalue weighted by atomic mass is 16.5. The van der Waals surface area contributed by atoms with Crippen molar-refractivity contribution in [1.29, 1.82) is 0 Å². The minimum atomic E-state index is -0.816. The van der Waals surface area contributed by atoms with Gasteiger partial charge in [-0.25, -0.2) is 4.79 Å². The summed E-state index contributed by atoms with van der Waals surface area (Å²) in [5, 5.41) is 2.58. The van der Waals surface area contributed by atoms with Crippen LogP contribution in [-0.2, 0) is 16.0 Å². The fourth-order valence-electron chi connectivity index (χ4n) is 4.26. The number of para-hydroxylation sites is 2. The Labute approximate surface area is 190 Å². The van der Waals surface area contributed by atoms with E-state index < -0.39 is 18.2 Å². The lowest BCUT2D eigenvalue weighted by molar-refractivity contribution is -0.127. The van der Waals surface area contributed by atoms with E-state index >= 15 is 0 Å². The second-order valence-electron chi connectivity index (χ2n) is 7.98. The van der Waals surface area contributed by atoms with E-state index in [0.717, 1.165) is 11.1 Å². The zero-order valence-electron chi connectivity index (χ0n) is 18.0. The number of esters is 1. The van der Waals surface area contributed by atoms with Gasteiger partial charge in [0, 0.05) is 19.0 Å². The first-order valence-corrected chi connectivity index (χ1v) is 10.7. The molecule has 0 saturated carbocycles. The quantitative estimate of drug-likeness (QED) is 0.630. The lowest BCUT2D eigenvalue weighted by atomic mass is 9.93. The van der Waals surface area contributed by atoms with Gasteiger partial charge in [-0.15, -0.1) is 0 Å². The van der Waals surface area contributed by atoms with Crippen LogP contribution in [0.1, 0.15) is 37.9 Å². The molecule has 0 fully saturated rings. The molecule has 2 amide bonds. The Kier molecular flexibility index (Phi) is 5.30. The van der Waals surface area contributed by atoms with Crippen molar-refractivity contribution in [3.05, 3.63) is 95.1 Å². The molecule has 33 heavy (non-hydrogen) atoms. The highest BCUT2D eigenvalue weighted by Gasteiger charge is 2.35. The van der Waals surface area contributed by atoms with Gasteiger partial charge in [0.2, 0.25) is 0 Å². The molecule has 0 aliphatic carbocycles. The maximum atomic E-state index is 13.6. The number of carbonyl (C=O) groups excluding carboxylic acids is 3. The van der Waals surface area contributed by atoms with Crippen LogP contribution in [0, 0.1) is 0 Å². The van der Waals surface area contributed by atoms with E-state index in [2.05, 4.69) is 5.32 Å². The summed E-state index contributed by atoms with van der Waals surface area (Å²) in [4.78, 5) is 40.0. The molecule has 166 valence electrons. The molecule has 0 unspecified atom stereocenters. The fourth-order valence-corrected chi connectivity index (χ4v) is 4.26. The van der Waals surface area contributed by atoms with Gasteiger partial charge in [0.25, 0.3) is 11.8 Å². The van der Waals surface area contributed by atoms with Gasteiger partial charge in [0.15, 0.2) is 6.10 Å². The van der Waals surface area contributed by atoms with Gasteiger partial charge in [0.1, 0.15) is 11.9 Å². The van der Waals surface area contributed by atoms with Crippen LogP contribution >= 0.6 is 0 Å². The highest BCUT2D eigenvalue weighted by Crippen LogP contribution is 2.35. The van der Waals surface area contributed by atoms with Crippen molar-refractivity contribution in [2.45, 2.75) is 18.6 Å². The summed E-state index contributed by atoms with van der Waals surface area (Å²) in [7, 11) is 1.53. The Morgan fingerprint density at radius 1 is 0.970 bits per heavy atom. The molecule has 0 radical (unpaired) electrons. The molecule has 2 heterocycles. The fraction of sp³-hybridized carbons (Fsp3) is 0.192. The number of amides is 2. The van der Waals surface area contributed by atoms with E-state index in [1.807, 2.05) is 36.4 Å². The van der Waals surface area contributed by atoms with Crippen LogP contribution in [0.5, 0.6) is 5.75 Å². The Balaban J connectivity index is 1.47. The number of rotatable bonds is 3. The van der Waals surface area contributed by atoms with Crippen molar-refractivity contribution in [2.75, 3.05) is 18.5 Å². The summed E-state index contributed by atoms with van der Waals surface area (Å²) in [6, 6.07) is 21.7. The van der Waals surface area contributed by atoms with Gasteiger partial charge < -0.3 is 19.7 Å². The minimum Gasteiger partial charge on any atom is -0.477 e. The number of nitrogens with zero attached hydrogens (tertiary/aromatic N) is 1. The Morgan fingerprint density at radius 2 is 1.73 bits per heavy atom. The van der Waals surface area contributed by atoms with Crippen LogP contribution in [0.15, 0.2) is 72.8 Å². The third kappa shape index (κ3) is 3.82. The first kappa shape index (κ1) is 20.8. The summed E-state index contributed by atoms with van der Waals surface area (Å²) < 4.78 is 11.4. The van der Waals surface area contributed by atoms with Gasteiger partial charge in [-0.1, -0.05) is 42.5 Å². The van der Waals surface area contributed by atoms with Gasteiger partial charge in [-0.3, -0.25) is 9.59 Å². The SMILES string of the molecule is CNC(=O)[C@H]1CN(C(=O)c2ccc3c(c2)C[C@@H](c2ccccc2)OC3=O)c2ccccc2O1. The van der Waals surface area contributed by atoms with E-state index in [0.29, 0.717) is 29.0 Å². The van der Waals surface area contributed by atoms with E-state index in [9.17, 15) is 14.4 Å². The van der Waals surface area contributed by atoms with Gasteiger partial charge >= 0.3 is 5.97 Å². The third-order valence-electron chi connectivity index (χ3n) is 5.96. The first-order chi connectivity index (χ1) is 16.0. The Morgan fingerprint density at radius 3 is 2.52 bits per heavy atom. The molecule has 0 aromatic heterocycles. The molecule has 3 aromatic carbocycles. The molecule has 5 rings (SSSR count). The van der Waals surface area contributed by atoms with Crippen LogP contribution in [0.3, 0.4) is 0 Å². The molecule has 2 atom stereocenters. The number of cyclic esters (lactones) is 1. The van der Waals surface area contributed by atoms with Crippen molar-refractivity contribution < 1.29 is 23.9 Å². The van der Waals surface area contributed by atoms with Crippen LogP contribution in [0.2, 0.25) is 0 Å². The maximum absolute atomic E-state index is 13.6. The molecule has 1 N–H and O–H groups in total. The zero-order chi connectivity index (χ0) is 22.9. The number of anilines is 1. The van der Waals surface area contributed by atoms with Crippen molar-refractivity contribution in [3.63, 3.8) is 0 Å². The van der Waals surface area contributed by atoms with Gasteiger partial charge in [0.05, 0.1) is 17.8 Å². The largest absolute Gasteiger partial charge is 0.477 e. The van der Waals surface area contributed by atoms with Crippen molar-refractivity contribution >= 4 is 23.5 Å². The predicted octanol–water partition coefficient (Wildman–Crippen LogP) is 3.29. The van der Waals surface area contributed by atoms with Crippen molar-refractivity contribution in [3.8, 4) is 5.75 Å². The second kappa shape index (κ2) is 8.43. The maximum Gasteiger partial charge on any atom is 0.339 e. The molecular weight excluding hydrogens is 420 g/mol. The number of ether oxygens (including phenoxy) is 2. The molecule has 3 aromatic rings. The number of hydrogen-bond acceptors (Lipinski definition) is 5.